The van der Waals surface area contributed by atoms with Crippen LogP contribution in [0.25, 0.3) is 11.3 Å². The third kappa shape index (κ3) is 4.46. The number of halogens is 2. The molecule has 140 valence electrons. The summed E-state index contributed by atoms with van der Waals surface area (Å²) in [6, 6.07) is 7.20. The maximum atomic E-state index is 12.4. The van der Waals surface area contributed by atoms with E-state index in [-0.39, 0.29) is 11.8 Å². The highest BCUT2D eigenvalue weighted by Gasteiger charge is 2.29. The second kappa shape index (κ2) is 7.67. The molecule has 0 unspecified atom stereocenters. The van der Waals surface area contributed by atoms with E-state index in [1.165, 1.54) is 10.6 Å². The topological polar surface area (TPSA) is 95.2 Å². The molecular formula is C16H18BrClN4O3S. The number of benzene rings is 1. The number of carbonyl (C=O) groups is 1. The Bertz CT molecular complexity index is 923. The summed E-state index contributed by atoms with van der Waals surface area (Å²) in [4.78, 5) is 12.4. The summed E-state index contributed by atoms with van der Waals surface area (Å²) in [6.45, 7) is 0.715. The van der Waals surface area contributed by atoms with E-state index in [4.69, 9.17) is 11.6 Å². The number of hydrogen-bond donors (Lipinski definition) is 2. The van der Waals surface area contributed by atoms with Crippen molar-refractivity contribution in [2.75, 3.05) is 24.7 Å². The molecule has 2 aromatic rings. The Morgan fingerprint density at radius 3 is 2.69 bits per heavy atom. The van der Waals surface area contributed by atoms with E-state index in [0.29, 0.717) is 42.5 Å². The average molecular weight is 462 g/mol. The zero-order valence-corrected chi connectivity index (χ0v) is 17.2. The number of carbonyl (C=O) groups excluding carboxylic acids is 1. The van der Waals surface area contributed by atoms with Gasteiger partial charge in [0.1, 0.15) is 0 Å². The number of piperidine rings is 1. The summed E-state index contributed by atoms with van der Waals surface area (Å²) in [5.41, 5.74) is 1.47. The Labute approximate surface area is 165 Å². The van der Waals surface area contributed by atoms with Gasteiger partial charge in [-0.25, -0.2) is 12.7 Å². The zero-order chi connectivity index (χ0) is 18.9. The molecule has 0 saturated carbocycles. The van der Waals surface area contributed by atoms with Crippen LogP contribution in [0.5, 0.6) is 0 Å². The van der Waals surface area contributed by atoms with Crippen LogP contribution in [-0.2, 0) is 14.8 Å². The molecule has 0 radical (unpaired) electrons. The number of amides is 1. The summed E-state index contributed by atoms with van der Waals surface area (Å²) in [7, 11) is -3.20. The van der Waals surface area contributed by atoms with E-state index in [1.807, 2.05) is 12.1 Å². The van der Waals surface area contributed by atoms with E-state index < -0.39 is 10.0 Å². The van der Waals surface area contributed by atoms with Crippen molar-refractivity contribution >= 4 is 49.3 Å². The number of aromatic amines is 1. The van der Waals surface area contributed by atoms with Gasteiger partial charge < -0.3 is 5.32 Å². The molecule has 1 aliphatic heterocycles. The molecule has 26 heavy (non-hydrogen) atoms. The second-order valence-electron chi connectivity index (χ2n) is 6.22. The van der Waals surface area contributed by atoms with Gasteiger partial charge in [-0.2, -0.15) is 5.10 Å². The fraction of sp³-hybridized carbons (Fsp3) is 0.375. The number of H-pyrrole nitrogens is 1. The molecule has 1 aliphatic rings. The minimum absolute atomic E-state index is 0.156. The first-order valence-electron chi connectivity index (χ1n) is 8.01. The molecule has 3 rings (SSSR count). The monoisotopic (exact) mass is 460 g/mol. The van der Waals surface area contributed by atoms with Crippen LogP contribution >= 0.6 is 27.5 Å². The van der Waals surface area contributed by atoms with Crippen LogP contribution in [0.1, 0.15) is 12.8 Å². The fourth-order valence-electron chi connectivity index (χ4n) is 2.91. The van der Waals surface area contributed by atoms with Gasteiger partial charge in [-0.3, -0.25) is 9.89 Å². The van der Waals surface area contributed by atoms with Gasteiger partial charge in [-0.15, -0.1) is 0 Å². The van der Waals surface area contributed by atoms with Crippen LogP contribution in [0.2, 0.25) is 5.02 Å². The lowest BCUT2D eigenvalue weighted by atomic mass is 9.97. The highest BCUT2D eigenvalue weighted by atomic mass is 79.9. The van der Waals surface area contributed by atoms with Crippen LogP contribution < -0.4 is 5.32 Å². The van der Waals surface area contributed by atoms with Crippen molar-refractivity contribution in [3.8, 4) is 11.3 Å². The lowest BCUT2D eigenvalue weighted by Crippen LogP contribution is -2.40. The molecule has 7 nitrogen and oxygen atoms in total. The molecule has 0 bridgehead atoms. The van der Waals surface area contributed by atoms with Crippen molar-refractivity contribution < 1.29 is 13.2 Å². The van der Waals surface area contributed by atoms with Crippen LogP contribution in [0.15, 0.2) is 28.7 Å². The first kappa shape index (κ1) is 19.3. The molecule has 1 amide bonds. The van der Waals surface area contributed by atoms with Crippen molar-refractivity contribution in [3.05, 3.63) is 33.8 Å². The van der Waals surface area contributed by atoms with E-state index in [1.54, 1.807) is 12.1 Å². The number of sulfonamides is 1. The Balaban J connectivity index is 1.64. The summed E-state index contributed by atoms with van der Waals surface area (Å²) in [5.74, 6) is 0.0192. The molecule has 1 aromatic heterocycles. The summed E-state index contributed by atoms with van der Waals surface area (Å²) in [5, 5.41) is 10.3. The highest BCUT2D eigenvalue weighted by molar-refractivity contribution is 9.10. The number of rotatable bonds is 4. The summed E-state index contributed by atoms with van der Waals surface area (Å²) < 4.78 is 25.4. The maximum Gasteiger partial charge on any atom is 0.228 e. The predicted octanol–water partition coefficient (Wildman–Crippen LogP) is 3.10. The maximum absolute atomic E-state index is 12.4. The average Bonchev–Trinajstić information content (AvgIpc) is 3.04. The minimum Gasteiger partial charge on any atom is -0.309 e. The van der Waals surface area contributed by atoms with Gasteiger partial charge in [0.05, 0.1) is 17.0 Å². The number of nitrogens with zero attached hydrogens (tertiary/aromatic N) is 2. The van der Waals surface area contributed by atoms with Crippen molar-refractivity contribution in [2.45, 2.75) is 12.8 Å². The molecule has 2 heterocycles. The molecule has 0 atom stereocenters. The number of anilines is 1. The van der Waals surface area contributed by atoms with Gasteiger partial charge >= 0.3 is 0 Å². The van der Waals surface area contributed by atoms with E-state index in [0.717, 1.165) is 10.0 Å². The van der Waals surface area contributed by atoms with E-state index >= 15 is 0 Å². The predicted molar refractivity (Wildman–Crippen MR) is 105 cm³/mol. The molecule has 0 spiro atoms. The second-order valence-corrected chi connectivity index (χ2v) is 9.52. The van der Waals surface area contributed by atoms with Gasteiger partial charge in [0.15, 0.2) is 5.82 Å². The van der Waals surface area contributed by atoms with Gasteiger partial charge in [0.25, 0.3) is 0 Å². The number of nitrogens with one attached hydrogen (secondary N) is 2. The molecule has 1 saturated heterocycles. The van der Waals surface area contributed by atoms with Gasteiger partial charge in [-0.05, 0) is 31.0 Å². The quantitative estimate of drug-likeness (QED) is 0.731. The Morgan fingerprint density at radius 1 is 1.35 bits per heavy atom. The molecule has 0 aliphatic carbocycles. The molecule has 1 fully saturated rings. The van der Waals surface area contributed by atoms with Crippen molar-refractivity contribution in [2.24, 2.45) is 5.92 Å². The molecular weight excluding hydrogens is 444 g/mol. The fourth-order valence-corrected chi connectivity index (χ4v) is 4.36. The van der Waals surface area contributed by atoms with E-state index in [9.17, 15) is 13.2 Å². The Hall–Kier alpha value is -1.42. The highest BCUT2D eigenvalue weighted by Crippen LogP contribution is 2.30. The smallest absolute Gasteiger partial charge is 0.228 e. The Morgan fingerprint density at radius 2 is 2.04 bits per heavy atom. The SMILES string of the molecule is CS(=O)(=O)N1CCC(C(=O)Nc2cc(-c3cc(Br)ccc3Cl)[nH]n2)CC1. The third-order valence-electron chi connectivity index (χ3n) is 4.34. The van der Waals surface area contributed by atoms with Gasteiger partial charge in [0, 0.05) is 35.1 Å². The number of hydrogen-bond acceptors (Lipinski definition) is 4. The zero-order valence-electron chi connectivity index (χ0n) is 14.0. The lowest BCUT2D eigenvalue weighted by molar-refractivity contribution is -0.120. The summed E-state index contributed by atoms with van der Waals surface area (Å²) >= 11 is 9.61. The minimum atomic E-state index is -3.20. The molecule has 1 aromatic carbocycles. The molecule has 10 heteroatoms. The van der Waals surface area contributed by atoms with Crippen LogP contribution in [0.3, 0.4) is 0 Å². The standard InChI is InChI=1S/C16H18BrClN4O3S/c1-26(24,25)22-6-4-10(5-7-22)16(23)19-15-9-14(20-21-15)12-8-11(17)2-3-13(12)18/h2-3,8-10H,4-7H2,1H3,(H2,19,20,21,23). The van der Waals surface area contributed by atoms with Crippen molar-refractivity contribution in [1.82, 2.24) is 14.5 Å². The van der Waals surface area contributed by atoms with Crippen LogP contribution in [-0.4, -0.2) is 48.2 Å². The Kier molecular flexibility index (Phi) is 5.71. The van der Waals surface area contributed by atoms with Crippen LogP contribution in [0.4, 0.5) is 5.82 Å². The van der Waals surface area contributed by atoms with Crippen molar-refractivity contribution in [1.29, 1.82) is 0 Å². The van der Waals surface area contributed by atoms with Gasteiger partial charge in [0.2, 0.25) is 15.9 Å². The normalized spacial score (nSPS) is 16.6. The molecule has 2 N–H and O–H groups in total. The first-order valence-corrected chi connectivity index (χ1v) is 11.0. The van der Waals surface area contributed by atoms with Crippen molar-refractivity contribution in [3.63, 3.8) is 0 Å². The van der Waals surface area contributed by atoms with Crippen LogP contribution in [0, 0.1) is 5.92 Å². The number of aromatic nitrogens is 2. The third-order valence-corrected chi connectivity index (χ3v) is 6.47. The lowest BCUT2D eigenvalue weighted by Gasteiger charge is -2.29. The largest absolute Gasteiger partial charge is 0.309 e. The first-order chi connectivity index (χ1) is 12.2. The summed E-state index contributed by atoms with van der Waals surface area (Å²) in [6.07, 6.45) is 2.17. The van der Waals surface area contributed by atoms with Gasteiger partial charge in [-0.1, -0.05) is 27.5 Å². The van der Waals surface area contributed by atoms with E-state index in [2.05, 4.69) is 31.4 Å².